The summed E-state index contributed by atoms with van der Waals surface area (Å²) in [6, 6.07) is 8.91. The van der Waals surface area contributed by atoms with Crippen LogP contribution >= 0.6 is 0 Å². The molecule has 0 saturated carbocycles. The molecule has 8 heteroatoms. The Morgan fingerprint density at radius 1 is 1.22 bits per heavy atom. The van der Waals surface area contributed by atoms with Crippen LogP contribution in [-0.2, 0) is 15.8 Å². The number of aromatic nitrogens is 1. The van der Waals surface area contributed by atoms with Gasteiger partial charge in [0.25, 0.3) is 5.69 Å². The Kier molecular flexibility index (Phi) is 5.41. The van der Waals surface area contributed by atoms with Crippen molar-refractivity contribution in [3.8, 4) is 0 Å². The van der Waals surface area contributed by atoms with Crippen molar-refractivity contribution in [3.05, 3.63) is 70.0 Å². The zero-order valence-electron chi connectivity index (χ0n) is 12.5. The Morgan fingerprint density at radius 3 is 2.48 bits per heavy atom. The number of nitro benzene ring substituents is 1. The number of hydrogen-bond acceptors (Lipinski definition) is 5. The van der Waals surface area contributed by atoms with Crippen LogP contribution in [0.25, 0.3) is 0 Å². The smallest absolute Gasteiger partial charge is 0.265 e. The maximum Gasteiger partial charge on any atom is 0.273 e. The Balaban J connectivity index is 2.21. The fourth-order valence-electron chi connectivity index (χ4n) is 2.26. The second-order valence-corrected chi connectivity index (χ2v) is 6.76. The highest BCUT2D eigenvalue weighted by Crippen LogP contribution is 2.22. The summed E-state index contributed by atoms with van der Waals surface area (Å²) in [4.78, 5) is 14.3. The largest absolute Gasteiger partial charge is 0.273 e. The molecule has 0 radical (unpaired) electrons. The van der Waals surface area contributed by atoms with Crippen LogP contribution < -0.4 is 4.72 Å². The summed E-state index contributed by atoms with van der Waals surface area (Å²) < 4.78 is 27.3. The van der Waals surface area contributed by atoms with E-state index in [4.69, 9.17) is 0 Å². The minimum absolute atomic E-state index is 0.162. The first-order chi connectivity index (χ1) is 10.9. The summed E-state index contributed by atoms with van der Waals surface area (Å²) in [5, 5.41) is 11.0. The van der Waals surface area contributed by atoms with Gasteiger partial charge in [0.2, 0.25) is 10.0 Å². The fraction of sp³-hybridized carbons (Fsp3) is 0.267. The number of hydrogen-bond donors (Lipinski definition) is 1. The second-order valence-electron chi connectivity index (χ2n) is 5.00. The summed E-state index contributed by atoms with van der Waals surface area (Å²) in [6.07, 6.45) is 3.74. The number of nitrogens with zero attached hydrogens (tertiary/aromatic N) is 2. The number of sulfonamides is 1. The summed E-state index contributed by atoms with van der Waals surface area (Å²) in [5.74, 6) is -0.439. The van der Waals surface area contributed by atoms with Gasteiger partial charge in [0.15, 0.2) is 0 Å². The van der Waals surface area contributed by atoms with Crippen molar-refractivity contribution in [2.45, 2.75) is 25.1 Å². The molecule has 1 aromatic heterocycles. The third-order valence-electron chi connectivity index (χ3n) is 3.37. The lowest BCUT2D eigenvalue weighted by Gasteiger charge is -2.17. The van der Waals surface area contributed by atoms with Crippen molar-refractivity contribution in [1.29, 1.82) is 0 Å². The van der Waals surface area contributed by atoms with Crippen molar-refractivity contribution in [2.75, 3.05) is 0 Å². The Hall–Kier alpha value is -2.32. The molecule has 7 nitrogen and oxygen atoms in total. The number of rotatable bonds is 7. The second kappa shape index (κ2) is 7.30. The van der Waals surface area contributed by atoms with Gasteiger partial charge in [0.1, 0.15) is 0 Å². The molecule has 1 atom stereocenters. The zero-order chi connectivity index (χ0) is 16.9. The maximum absolute atomic E-state index is 12.4. The highest BCUT2D eigenvalue weighted by atomic mass is 32.2. The molecule has 0 spiro atoms. The van der Waals surface area contributed by atoms with Crippen LogP contribution in [0.1, 0.15) is 30.5 Å². The lowest BCUT2D eigenvalue weighted by Crippen LogP contribution is -2.29. The topological polar surface area (TPSA) is 102 Å². The molecule has 0 aliphatic carbocycles. The van der Waals surface area contributed by atoms with E-state index in [0.717, 1.165) is 5.56 Å². The summed E-state index contributed by atoms with van der Waals surface area (Å²) in [7, 11) is -3.72. The summed E-state index contributed by atoms with van der Waals surface area (Å²) in [6.45, 7) is 1.86. The van der Waals surface area contributed by atoms with Crippen LogP contribution in [-0.4, -0.2) is 18.3 Å². The standard InChI is InChI=1S/C15H17N3O4S/c1-2-14(12-7-9-16-10-8-12)17-23(21,22)11-13-5-3-4-6-15(13)18(19)20/h3-10,14,17H,2,11H2,1H3. The normalized spacial score (nSPS) is 12.7. The van der Waals surface area contributed by atoms with Gasteiger partial charge in [-0.05, 0) is 24.1 Å². The molecule has 0 aliphatic heterocycles. The number of pyridine rings is 1. The van der Waals surface area contributed by atoms with E-state index < -0.39 is 26.7 Å². The molecule has 0 saturated heterocycles. The van der Waals surface area contributed by atoms with Crippen LogP contribution in [0.15, 0.2) is 48.8 Å². The third-order valence-corrected chi connectivity index (χ3v) is 4.71. The lowest BCUT2D eigenvalue weighted by atomic mass is 10.1. The number of nitro groups is 1. The zero-order valence-corrected chi connectivity index (χ0v) is 13.4. The molecule has 0 fully saturated rings. The van der Waals surface area contributed by atoms with Gasteiger partial charge in [-0.1, -0.05) is 25.1 Å². The van der Waals surface area contributed by atoms with Crippen molar-refractivity contribution in [2.24, 2.45) is 0 Å². The van der Waals surface area contributed by atoms with E-state index in [0.29, 0.717) is 6.42 Å². The van der Waals surface area contributed by atoms with Gasteiger partial charge in [-0.25, -0.2) is 13.1 Å². The van der Waals surface area contributed by atoms with Crippen LogP contribution in [0.3, 0.4) is 0 Å². The predicted octanol–water partition coefficient (Wildman–Crippen LogP) is 2.56. The summed E-state index contributed by atoms with van der Waals surface area (Å²) >= 11 is 0. The van der Waals surface area contributed by atoms with E-state index in [2.05, 4.69) is 9.71 Å². The van der Waals surface area contributed by atoms with E-state index in [-0.39, 0.29) is 11.3 Å². The molecule has 122 valence electrons. The molecule has 1 aromatic carbocycles. The van der Waals surface area contributed by atoms with E-state index in [1.165, 1.54) is 18.2 Å². The number of benzene rings is 1. The quantitative estimate of drug-likeness (QED) is 0.619. The van der Waals surface area contributed by atoms with Crippen LogP contribution in [0.5, 0.6) is 0 Å². The van der Waals surface area contributed by atoms with E-state index >= 15 is 0 Å². The lowest BCUT2D eigenvalue weighted by molar-refractivity contribution is -0.385. The molecular formula is C15H17N3O4S. The van der Waals surface area contributed by atoms with Crippen molar-refractivity contribution in [1.82, 2.24) is 9.71 Å². The van der Waals surface area contributed by atoms with Crippen molar-refractivity contribution >= 4 is 15.7 Å². The molecule has 2 aromatic rings. The van der Waals surface area contributed by atoms with Gasteiger partial charge < -0.3 is 0 Å². The van der Waals surface area contributed by atoms with E-state index in [1.807, 2.05) is 6.92 Å². The van der Waals surface area contributed by atoms with Gasteiger partial charge in [0, 0.05) is 30.1 Å². The first-order valence-corrected chi connectivity index (χ1v) is 8.70. The SMILES string of the molecule is CCC(NS(=O)(=O)Cc1ccccc1[N+](=O)[O-])c1ccncc1. The van der Waals surface area contributed by atoms with Crippen LogP contribution in [0, 0.1) is 10.1 Å². The molecule has 2 rings (SSSR count). The van der Waals surface area contributed by atoms with Crippen molar-refractivity contribution in [3.63, 3.8) is 0 Å². The first kappa shape index (κ1) is 17.0. The van der Waals surface area contributed by atoms with Crippen LogP contribution in [0.2, 0.25) is 0 Å². The minimum atomic E-state index is -3.72. The van der Waals surface area contributed by atoms with Gasteiger partial charge in [-0.15, -0.1) is 0 Å². The van der Waals surface area contributed by atoms with Gasteiger partial charge >= 0.3 is 0 Å². The number of nitrogens with one attached hydrogen (secondary N) is 1. The number of para-hydroxylation sites is 1. The minimum Gasteiger partial charge on any atom is -0.265 e. The highest BCUT2D eigenvalue weighted by molar-refractivity contribution is 7.88. The Bertz CT molecular complexity index is 778. The Labute approximate surface area is 134 Å². The van der Waals surface area contributed by atoms with Gasteiger partial charge in [-0.2, -0.15) is 0 Å². The molecule has 23 heavy (non-hydrogen) atoms. The maximum atomic E-state index is 12.4. The molecule has 1 N–H and O–H groups in total. The van der Waals surface area contributed by atoms with Gasteiger partial charge in [-0.3, -0.25) is 15.1 Å². The average molecular weight is 335 g/mol. The monoisotopic (exact) mass is 335 g/mol. The molecular weight excluding hydrogens is 318 g/mol. The molecule has 0 amide bonds. The first-order valence-electron chi connectivity index (χ1n) is 7.05. The highest BCUT2D eigenvalue weighted by Gasteiger charge is 2.22. The molecule has 0 aliphatic rings. The van der Waals surface area contributed by atoms with Crippen LogP contribution in [0.4, 0.5) is 5.69 Å². The molecule has 1 unspecified atom stereocenters. The van der Waals surface area contributed by atoms with Gasteiger partial charge in [0.05, 0.1) is 10.7 Å². The molecule has 1 heterocycles. The predicted molar refractivity (Wildman–Crippen MR) is 86.1 cm³/mol. The third kappa shape index (κ3) is 4.57. The van der Waals surface area contributed by atoms with Crippen molar-refractivity contribution < 1.29 is 13.3 Å². The van der Waals surface area contributed by atoms with E-state index in [1.54, 1.807) is 30.6 Å². The average Bonchev–Trinajstić information content (AvgIpc) is 2.53. The Morgan fingerprint density at radius 2 is 1.87 bits per heavy atom. The molecule has 0 bridgehead atoms. The summed E-state index contributed by atoms with van der Waals surface area (Å²) in [5.41, 5.74) is 0.762. The van der Waals surface area contributed by atoms with E-state index in [9.17, 15) is 18.5 Å². The fourth-order valence-corrected chi connectivity index (χ4v) is 3.73.